The zero-order valence-corrected chi connectivity index (χ0v) is 25.3. The van der Waals surface area contributed by atoms with Gasteiger partial charge in [-0.2, -0.15) is 0 Å². The average Bonchev–Trinajstić information content (AvgIpc) is 2.90. The lowest BCUT2D eigenvalue weighted by Gasteiger charge is -2.32. The molecule has 0 aliphatic rings. The molecule has 0 spiro atoms. The predicted molar refractivity (Wildman–Crippen MR) is 157 cm³/mol. The van der Waals surface area contributed by atoms with Crippen molar-refractivity contribution in [3.05, 3.63) is 87.4 Å². The van der Waals surface area contributed by atoms with E-state index in [2.05, 4.69) is 21.2 Å². The maximum atomic E-state index is 13.9. The third-order valence-corrected chi connectivity index (χ3v) is 8.65. The standard InChI is InChI=1S/C28H31BrClN3O5S/c1-5-31-28(35)20(3)32(17-21-7-6-8-22(29)15-21)27(34)18-33(23-11-14-26(38-4)25(30)16-23)39(36,37)24-12-9-19(2)10-13-24/h6-16,20H,5,17-18H2,1-4H3,(H,31,35)/t20-/m0/s1. The number of methoxy groups -OCH3 is 1. The molecule has 1 N–H and O–H groups in total. The average molecular weight is 637 g/mol. The molecule has 2 amide bonds. The van der Waals surface area contributed by atoms with E-state index in [9.17, 15) is 18.0 Å². The van der Waals surface area contributed by atoms with Gasteiger partial charge in [-0.25, -0.2) is 8.42 Å². The number of carbonyl (C=O) groups is 2. The molecular weight excluding hydrogens is 606 g/mol. The second-order valence-corrected chi connectivity index (χ2v) is 12.1. The summed E-state index contributed by atoms with van der Waals surface area (Å²) < 4.78 is 34.8. The van der Waals surface area contributed by atoms with Crippen LogP contribution in [0.15, 0.2) is 76.1 Å². The first-order valence-corrected chi connectivity index (χ1v) is 14.8. The van der Waals surface area contributed by atoms with Crippen molar-refractivity contribution < 1.29 is 22.7 Å². The fourth-order valence-electron chi connectivity index (χ4n) is 3.91. The topological polar surface area (TPSA) is 96.0 Å². The highest BCUT2D eigenvalue weighted by atomic mass is 79.9. The zero-order valence-electron chi connectivity index (χ0n) is 22.1. The number of rotatable bonds is 11. The van der Waals surface area contributed by atoms with Crippen molar-refractivity contribution in [3.8, 4) is 5.75 Å². The lowest BCUT2D eigenvalue weighted by atomic mass is 10.1. The minimum atomic E-state index is -4.19. The van der Waals surface area contributed by atoms with Gasteiger partial charge in [0.05, 0.1) is 22.7 Å². The van der Waals surface area contributed by atoms with E-state index in [4.69, 9.17) is 16.3 Å². The molecule has 3 aromatic carbocycles. The number of hydrogen-bond donors (Lipinski definition) is 1. The van der Waals surface area contributed by atoms with E-state index < -0.39 is 28.5 Å². The molecule has 8 nitrogen and oxygen atoms in total. The fraction of sp³-hybridized carbons (Fsp3) is 0.286. The van der Waals surface area contributed by atoms with Gasteiger partial charge >= 0.3 is 0 Å². The molecule has 1 atom stereocenters. The van der Waals surface area contributed by atoms with E-state index >= 15 is 0 Å². The van der Waals surface area contributed by atoms with Gasteiger partial charge in [0.2, 0.25) is 11.8 Å². The van der Waals surface area contributed by atoms with E-state index in [1.165, 1.54) is 42.3 Å². The van der Waals surface area contributed by atoms with Crippen LogP contribution >= 0.6 is 27.5 Å². The van der Waals surface area contributed by atoms with E-state index in [1.54, 1.807) is 26.0 Å². The number of amides is 2. The number of nitrogens with one attached hydrogen (secondary N) is 1. The molecule has 3 aromatic rings. The molecule has 0 aliphatic heterocycles. The number of benzene rings is 3. The molecule has 0 aliphatic carbocycles. The van der Waals surface area contributed by atoms with Crippen LogP contribution in [0.1, 0.15) is 25.0 Å². The lowest BCUT2D eigenvalue weighted by Crippen LogP contribution is -2.51. The first kappa shape index (κ1) is 30.5. The van der Waals surface area contributed by atoms with Crippen molar-refractivity contribution in [1.82, 2.24) is 10.2 Å². The van der Waals surface area contributed by atoms with Crippen LogP contribution in [0, 0.1) is 6.92 Å². The summed E-state index contributed by atoms with van der Waals surface area (Å²) >= 11 is 9.77. The Hall–Kier alpha value is -3.08. The van der Waals surface area contributed by atoms with Crippen LogP contribution in [0.4, 0.5) is 5.69 Å². The van der Waals surface area contributed by atoms with Gasteiger partial charge in [0, 0.05) is 17.6 Å². The summed E-state index contributed by atoms with van der Waals surface area (Å²) in [6.07, 6.45) is 0. The first-order valence-electron chi connectivity index (χ1n) is 12.2. The van der Waals surface area contributed by atoms with Gasteiger partial charge in [-0.15, -0.1) is 0 Å². The molecule has 0 radical (unpaired) electrons. The summed E-state index contributed by atoms with van der Waals surface area (Å²) in [6, 6.07) is 17.3. The van der Waals surface area contributed by atoms with Crippen LogP contribution in [0.25, 0.3) is 0 Å². The Morgan fingerprint density at radius 2 is 1.77 bits per heavy atom. The van der Waals surface area contributed by atoms with Gasteiger partial charge in [-0.1, -0.05) is 57.4 Å². The van der Waals surface area contributed by atoms with Gasteiger partial charge in [-0.3, -0.25) is 13.9 Å². The van der Waals surface area contributed by atoms with E-state index in [0.717, 1.165) is 19.9 Å². The van der Waals surface area contributed by atoms with Crippen molar-refractivity contribution >= 4 is 55.1 Å². The SMILES string of the molecule is CCNC(=O)[C@H](C)N(Cc1cccc(Br)c1)C(=O)CN(c1ccc(OC)c(Cl)c1)S(=O)(=O)c1ccc(C)cc1. The molecule has 3 rings (SSSR count). The Morgan fingerprint density at radius 1 is 1.08 bits per heavy atom. The molecule has 0 saturated heterocycles. The number of hydrogen-bond acceptors (Lipinski definition) is 5. The number of likely N-dealkylation sites (N-methyl/N-ethyl adjacent to an activating group) is 1. The van der Waals surface area contributed by atoms with Gasteiger partial charge in [0.1, 0.15) is 18.3 Å². The highest BCUT2D eigenvalue weighted by Gasteiger charge is 2.32. The van der Waals surface area contributed by atoms with Crippen LogP contribution < -0.4 is 14.4 Å². The second-order valence-electron chi connectivity index (χ2n) is 8.87. The monoisotopic (exact) mass is 635 g/mol. The van der Waals surface area contributed by atoms with Crippen LogP contribution in [-0.4, -0.2) is 51.4 Å². The van der Waals surface area contributed by atoms with Gasteiger partial charge in [0.15, 0.2) is 0 Å². The van der Waals surface area contributed by atoms with Crippen molar-refractivity contribution in [2.24, 2.45) is 0 Å². The van der Waals surface area contributed by atoms with Crippen molar-refractivity contribution in [2.45, 2.75) is 38.3 Å². The van der Waals surface area contributed by atoms with Crippen molar-refractivity contribution in [1.29, 1.82) is 0 Å². The number of ether oxygens (including phenoxy) is 1. The van der Waals surface area contributed by atoms with Gasteiger partial charge in [-0.05, 0) is 68.8 Å². The Balaban J connectivity index is 2.07. The zero-order chi connectivity index (χ0) is 28.7. The molecule has 0 aromatic heterocycles. The summed E-state index contributed by atoms with van der Waals surface area (Å²) in [7, 11) is -2.74. The Labute approximate surface area is 243 Å². The molecule has 39 heavy (non-hydrogen) atoms. The fourth-order valence-corrected chi connectivity index (χ4v) is 6.02. The quantitative estimate of drug-likeness (QED) is 0.314. The first-order chi connectivity index (χ1) is 18.5. The summed E-state index contributed by atoms with van der Waals surface area (Å²) in [5.74, 6) is -0.543. The molecule has 0 saturated carbocycles. The Kier molecular flexibility index (Phi) is 10.4. The van der Waals surface area contributed by atoms with Crippen LogP contribution in [0.2, 0.25) is 5.02 Å². The Morgan fingerprint density at radius 3 is 2.36 bits per heavy atom. The number of sulfonamides is 1. The van der Waals surface area contributed by atoms with Gasteiger partial charge < -0.3 is 15.0 Å². The number of nitrogens with zero attached hydrogens (tertiary/aromatic N) is 2. The summed E-state index contributed by atoms with van der Waals surface area (Å²) in [5.41, 5.74) is 1.84. The van der Waals surface area contributed by atoms with Crippen LogP contribution in [0.3, 0.4) is 0 Å². The third kappa shape index (κ3) is 7.52. The summed E-state index contributed by atoms with van der Waals surface area (Å²) in [5, 5.41) is 2.93. The normalized spacial score (nSPS) is 11.9. The minimum absolute atomic E-state index is 0.0168. The highest BCUT2D eigenvalue weighted by molar-refractivity contribution is 9.10. The lowest BCUT2D eigenvalue weighted by molar-refractivity contribution is -0.139. The minimum Gasteiger partial charge on any atom is -0.495 e. The highest BCUT2D eigenvalue weighted by Crippen LogP contribution is 2.32. The number of carbonyl (C=O) groups excluding carboxylic acids is 2. The maximum absolute atomic E-state index is 13.9. The molecule has 11 heteroatoms. The Bertz CT molecular complexity index is 1430. The number of anilines is 1. The van der Waals surface area contributed by atoms with Crippen molar-refractivity contribution in [2.75, 3.05) is 24.5 Å². The summed E-state index contributed by atoms with van der Waals surface area (Å²) in [4.78, 5) is 28.1. The van der Waals surface area contributed by atoms with Gasteiger partial charge in [0.25, 0.3) is 10.0 Å². The molecule has 208 valence electrons. The number of aryl methyl sites for hydroxylation is 1. The largest absolute Gasteiger partial charge is 0.495 e. The molecule has 0 unspecified atom stereocenters. The van der Waals surface area contributed by atoms with E-state index in [1.807, 2.05) is 31.2 Å². The van der Waals surface area contributed by atoms with Crippen molar-refractivity contribution in [3.63, 3.8) is 0 Å². The second kappa shape index (κ2) is 13.3. The van der Waals surface area contributed by atoms with E-state index in [0.29, 0.717) is 12.3 Å². The molecular formula is C28H31BrClN3O5S. The van der Waals surface area contributed by atoms with Crippen LogP contribution in [0.5, 0.6) is 5.75 Å². The molecule has 0 heterocycles. The van der Waals surface area contributed by atoms with Crippen LogP contribution in [-0.2, 0) is 26.2 Å². The third-order valence-electron chi connectivity index (χ3n) is 6.07. The number of halogens is 2. The molecule has 0 fully saturated rings. The molecule has 0 bridgehead atoms. The van der Waals surface area contributed by atoms with E-state index in [-0.39, 0.29) is 28.1 Å². The smallest absolute Gasteiger partial charge is 0.264 e. The predicted octanol–water partition coefficient (Wildman–Crippen LogP) is 5.17. The maximum Gasteiger partial charge on any atom is 0.264 e. The summed E-state index contributed by atoms with van der Waals surface area (Å²) in [6.45, 7) is 5.18.